The quantitative estimate of drug-likeness (QED) is 0.843. The number of nitrogens with zero attached hydrogens (tertiary/aromatic N) is 2. The molecule has 1 saturated heterocycles. The zero-order valence-corrected chi connectivity index (χ0v) is 10.2. The number of anilines is 1. The van der Waals surface area contributed by atoms with Gasteiger partial charge < -0.3 is 10.6 Å². The highest BCUT2D eigenvalue weighted by Crippen LogP contribution is 2.25. The van der Waals surface area contributed by atoms with E-state index in [4.69, 9.17) is 5.73 Å². The Kier molecular flexibility index (Phi) is 3.44. The van der Waals surface area contributed by atoms with Gasteiger partial charge in [0, 0.05) is 25.3 Å². The summed E-state index contributed by atoms with van der Waals surface area (Å²) in [5, 5.41) is 0. The number of pyridine rings is 1. The Bertz CT molecular complexity index is 349. The van der Waals surface area contributed by atoms with Gasteiger partial charge in [-0.3, -0.25) is 0 Å². The van der Waals surface area contributed by atoms with Crippen LogP contribution in [0.4, 0.5) is 5.82 Å². The molecule has 0 amide bonds. The lowest BCUT2D eigenvalue weighted by molar-refractivity contribution is 0.658. The minimum atomic E-state index is 0.197. The summed E-state index contributed by atoms with van der Waals surface area (Å²) >= 11 is 0. The second-order valence-electron chi connectivity index (χ2n) is 5.01. The van der Waals surface area contributed by atoms with Crippen molar-refractivity contribution >= 4 is 5.82 Å². The monoisotopic (exact) mass is 219 g/mol. The fourth-order valence-electron chi connectivity index (χ4n) is 2.35. The van der Waals surface area contributed by atoms with E-state index in [2.05, 4.69) is 22.9 Å². The molecule has 2 N–H and O–H groups in total. The molecule has 1 fully saturated rings. The highest BCUT2D eigenvalue weighted by molar-refractivity contribution is 5.48. The zero-order chi connectivity index (χ0) is 11.5. The Balaban J connectivity index is 2.19. The van der Waals surface area contributed by atoms with E-state index in [1.807, 2.05) is 19.2 Å². The Labute approximate surface area is 97.7 Å². The predicted octanol–water partition coefficient (Wildman–Crippen LogP) is 1.82. The Morgan fingerprint density at radius 2 is 2.44 bits per heavy atom. The summed E-state index contributed by atoms with van der Waals surface area (Å²) < 4.78 is 0. The van der Waals surface area contributed by atoms with Crippen LogP contribution >= 0.6 is 0 Å². The lowest BCUT2D eigenvalue weighted by Crippen LogP contribution is -2.24. The molecule has 0 aromatic carbocycles. The number of nitrogens with two attached hydrogens (primary N) is 1. The van der Waals surface area contributed by atoms with Crippen LogP contribution in [0.5, 0.6) is 0 Å². The summed E-state index contributed by atoms with van der Waals surface area (Å²) in [6.45, 7) is 6.60. The molecular weight excluding hydrogens is 198 g/mol. The SMILES string of the molecule is CC(N)Cc1cccnc1N1CCC(C)C1. The molecule has 2 rings (SSSR count). The fourth-order valence-corrected chi connectivity index (χ4v) is 2.35. The molecule has 3 heteroatoms. The average molecular weight is 219 g/mol. The van der Waals surface area contributed by atoms with Gasteiger partial charge in [0.05, 0.1) is 0 Å². The summed E-state index contributed by atoms with van der Waals surface area (Å²) in [4.78, 5) is 6.91. The summed E-state index contributed by atoms with van der Waals surface area (Å²) in [5.41, 5.74) is 7.16. The van der Waals surface area contributed by atoms with E-state index in [1.54, 1.807) is 0 Å². The van der Waals surface area contributed by atoms with Crippen molar-refractivity contribution in [3.63, 3.8) is 0 Å². The third-order valence-electron chi connectivity index (χ3n) is 3.13. The van der Waals surface area contributed by atoms with Gasteiger partial charge >= 0.3 is 0 Å². The Morgan fingerprint density at radius 3 is 3.06 bits per heavy atom. The number of hydrogen-bond donors (Lipinski definition) is 1. The first kappa shape index (κ1) is 11.4. The van der Waals surface area contributed by atoms with Crippen LogP contribution in [0, 0.1) is 5.92 Å². The molecule has 0 bridgehead atoms. The van der Waals surface area contributed by atoms with Crippen molar-refractivity contribution in [3.8, 4) is 0 Å². The van der Waals surface area contributed by atoms with E-state index < -0.39 is 0 Å². The van der Waals surface area contributed by atoms with Gasteiger partial charge in [0.15, 0.2) is 0 Å². The smallest absolute Gasteiger partial charge is 0.131 e. The van der Waals surface area contributed by atoms with Crippen LogP contribution < -0.4 is 10.6 Å². The van der Waals surface area contributed by atoms with Gasteiger partial charge in [0.1, 0.15) is 5.82 Å². The van der Waals surface area contributed by atoms with Crippen LogP contribution in [0.15, 0.2) is 18.3 Å². The highest BCUT2D eigenvalue weighted by atomic mass is 15.2. The molecule has 1 aliphatic heterocycles. The lowest BCUT2D eigenvalue weighted by atomic mass is 10.1. The molecule has 0 aliphatic carbocycles. The molecule has 0 radical (unpaired) electrons. The van der Waals surface area contributed by atoms with Crippen molar-refractivity contribution in [2.45, 2.75) is 32.7 Å². The number of aromatic nitrogens is 1. The first-order valence-corrected chi connectivity index (χ1v) is 6.11. The molecule has 1 aliphatic rings. The fraction of sp³-hybridized carbons (Fsp3) is 0.615. The van der Waals surface area contributed by atoms with Crippen molar-refractivity contribution < 1.29 is 0 Å². The lowest BCUT2D eigenvalue weighted by Gasteiger charge is -2.21. The van der Waals surface area contributed by atoms with Crippen LogP contribution in [-0.4, -0.2) is 24.1 Å². The predicted molar refractivity (Wildman–Crippen MR) is 67.6 cm³/mol. The molecule has 16 heavy (non-hydrogen) atoms. The topological polar surface area (TPSA) is 42.1 Å². The summed E-state index contributed by atoms with van der Waals surface area (Å²) in [7, 11) is 0. The molecular formula is C13H21N3. The summed E-state index contributed by atoms with van der Waals surface area (Å²) in [5.74, 6) is 1.93. The van der Waals surface area contributed by atoms with Gasteiger partial charge in [-0.25, -0.2) is 4.98 Å². The van der Waals surface area contributed by atoms with E-state index in [1.165, 1.54) is 12.0 Å². The van der Waals surface area contributed by atoms with E-state index >= 15 is 0 Å². The van der Waals surface area contributed by atoms with Gasteiger partial charge in [-0.1, -0.05) is 13.0 Å². The minimum absolute atomic E-state index is 0.197. The van der Waals surface area contributed by atoms with Crippen molar-refractivity contribution in [2.24, 2.45) is 11.7 Å². The molecule has 88 valence electrons. The largest absolute Gasteiger partial charge is 0.356 e. The average Bonchev–Trinajstić information content (AvgIpc) is 2.65. The van der Waals surface area contributed by atoms with E-state index in [0.29, 0.717) is 0 Å². The maximum absolute atomic E-state index is 5.87. The molecule has 2 unspecified atom stereocenters. The molecule has 0 saturated carbocycles. The summed E-state index contributed by atoms with van der Waals surface area (Å²) in [6, 6.07) is 4.35. The molecule has 2 heterocycles. The van der Waals surface area contributed by atoms with Gasteiger partial charge in [-0.2, -0.15) is 0 Å². The molecule has 0 spiro atoms. The first-order chi connectivity index (χ1) is 7.66. The number of hydrogen-bond acceptors (Lipinski definition) is 3. The third kappa shape index (κ3) is 2.53. The normalized spacial score (nSPS) is 22.4. The maximum Gasteiger partial charge on any atom is 0.131 e. The first-order valence-electron chi connectivity index (χ1n) is 6.11. The standard InChI is InChI=1S/C13H21N3/c1-10-5-7-16(9-10)13-12(8-11(2)14)4-3-6-15-13/h3-4,6,10-11H,5,7-9,14H2,1-2H3. The highest BCUT2D eigenvalue weighted by Gasteiger charge is 2.21. The van der Waals surface area contributed by atoms with Crippen molar-refractivity contribution in [1.29, 1.82) is 0 Å². The Hall–Kier alpha value is -1.09. The second-order valence-corrected chi connectivity index (χ2v) is 5.01. The zero-order valence-electron chi connectivity index (χ0n) is 10.2. The van der Waals surface area contributed by atoms with Crippen LogP contribution in [-0.2, 0) is 6.42 Å². The van der Waals surface area contributed by atoms with Crippen molar-refractivity contribution in [3.05, 3.63) is 23.9 Å². The third-order valence-corrected chi connectivity index (χ3v) is 3.13. The van der Waals surface area contributed by atoms with Gasteiger partial charge in [-0.15, -0.1) is 0 Å². The van der Waals surface area contributed by atoms with Crippen LogP contribution in [0.1, 0.15) is 25.8 Å². The van der Waals surface area contributed by atoms with Crippen molar-refractivity contribution in [2.75, 3.05) is 18.0 Å². The molecule has 1 aromatic rings. The molecule has 1 aromatic heterocycles. The minimum Gasteiger partial charge on any atom is -0.356 e. The van der Waals surface area contributed by atoms with E-state index in [-0.39, 0.29) is 6.04 Å². The molecule has 2 atom stereocenters. The van der Waals surface area contributed by atoms with Crippen LogP contribution in [0.25, 0.3) is 0 Å². The van der Waals surface area contributed by atoms with Gasteiger partial charge in [0.2, 0.25) is 0 Å². The number of rotatable bonds is 3. The van der Waals surface area contributed by atoms with Gasteiger partial charge in [-0.05, 0) is 37.3 Å². The van der Waals surface area contributed by atoms with Crippen molar-refractivity contribution in [1.82, 2.24) is 4.98 Å². The van der Waals surface area contributed by atoms with E-state index in [0.717, 1.165) is 31.2 Å². The van der Waals surface area contributed by atoms with E-state index in [9.17, 15) is 0 Å². The van der Waals surface area contributed by atoms with Gasteiger partial charge in [0.25, 0.3) is 0 Å². The van der Waals surface area contributed by atoms with Crippen LogP contribution in [0.3, 0.4) is 0 Å². The maximum atomic E-state index is 5.87. The Morgan fingerprint density at radius 1 is 1.62 bits per heavy atom. The second kappa shape index (κ2) is 4.83. The van der Waals surface area contributed by atoms with Crippen LogP contribution in [0.2, 0.25) is 0 Å². The summed E-state index contributed by atoms with van der Waals surface area (Å²) in [6.07, 6.45) is 4.06. The molecule has 3 nitrogen and oxygen atoms in total.